The van der Waals surface area contributed by atoms with E-state index in [4.69, 9.17) is 9.97 Å². The second-order valence-corrected chi connectivity index (χ2v) is 8.24. The van der Waals surface area contributed by atoms with E-state index in [1.165, 1.54) is 0 Å². The van der Waals surface area contributed by atoms with Crippen molar-refractivity contribution in [2.75, 3.05) is 0 Å². The Bertz CT molecular complexity index is 1320. The first-order valence-corrected chi connectivity index (χ1v) is 10.8. The topological polar surface area (TPSA) is 35.6 Å². The Balaban J connectivity index is 2.06. The van der Waals surface area contributed by atoms with E-state index >= 15 is 0 Å². The van der Waals surface area contributed by atoms with Crippen LogP contribution in [0.5, 0.6) is 0 Å². The quantitative estimate of drug-likeness (QED) is 0.308. The normalized spacial score (nSPS) is 12.4. The third-order valence-corrected chi connectivity index (χ3v) is 6.56. The molecule has 0 fully saturated rings. The van der Waals surface area contributed by atoms with Gasteiger partial charge in [-0.25, -0.2) is 9.97 Å². The van der Waals surface area contributed by atoms with Gasteiger partial charge in [0.2, 0.25) is 0 Å². The van der Waals surface area contributed by atoms with Crippen molar-refractivity contribution in [3.63, 3.8) is 0 Å². The first kappa shape index (κ1) is 20.0. The van der Waals surface area contributed by atoms with Gasteiger partial charge in [0.25, 0.3) is 0 Å². The van der Waals surface area contributed by atoms with Crippen molar-refractivity contribution in [2.24, 2.45) is 0 Å². The maximum atomic E-state index is 4.97. The van der Waals surface area contributed by atoms with Crippen LogP contribution >= 0.6 is 0 Å². The molecule has 0 atom stereocenters. The summed E-state index contributed by atoms with van der Waals surface area (Å²) in [4.78, 5) is 9.95. The van der Waals surface area contributed by atoms with Crippen LogP contribution in [0.1, 0.15) is 45.0 Å². The van der Waals surface area contributed by atoms with Crippen LogP contribution in [0.15, 0.2) is 37.4 Å². The first-order valence-electron chi connectivity index (χ1n) is 10.8. The van der Waals surface area contributed by atoms with Crippen LogP contribution in [0.2, 0.25) is 0 Å². The van der Waals surface area contributed by atoms with Gasteiger partial charge in [0.15, 0.2) is 0 Å². The molecule has 8 bridgehead atoms. The Morgan fingerprint density at radius 3 is 1.00 bits per heavy atom. The Hall–Kier alpha value is -3.92. The summed E-state index contributed by atoms with van der Waals surface area (Å²) in [6, 6.07) is 8.54. The Morgan fingerprint density at radius 1 is 0.531 bits per heavy atom. The summed E-state index contributed by atoms with van der Waals surface area (Å²) in [7, 11) is 0. The molecule has 5 heterocycles. The van der Waals surface area contributed by atoms with E-state index in [0.29, 0.717) is 0 Å². The maximum absolute atomic E-state index is 4.97. The fraction of sp³-hybridized carbons (Fsp3) is 0.143. The highest BCUT2D eigenvalue weighted by atomic mass is 15.0. The third kappa shape index (κ3) is 2.83. The highest BCUT2D eigenvalue weighted by Gasteiger charge is 2.13. The molecule has 0 aliphatic carbocycles. The molecule has 0 amide bonds. The van der Waals surface area contributed by atoms with E-state index in [0.717, 1.165) is 67.1 Å². The summed E-state index contributed by atoms with van der Waals surface area (Å²) < 4.78 is 4.25. The van der Waals surface area contributed by atoms with Crippen molar-refractivity contribution >= 4 is 58.8 Å². The molecule has 4 nitrogen and oxygen atoms in total. The van der Waals surface area contributed by atoms with E-state index in [-0.39, 0.29) is 0 Å². The summed E-state index contributed by atoms with van der Waals surface area (Å²) >= 11 is 0. The summed E-state index contributed by atoms with van der Waals surface area (Å²) in [5.41, 5.74) is 12.6. The minimum atomic E-state index is 0.963. The zero-order valence-corrected chi connectivity index (χ0v) is 19.0. The first-order chi connectivity index (χ1) is 15.4. The third-order valence-electron chi connectivity index (χ3n) is 6.56. The highest BCUT2D eigenvalue weighted by molar-refractivity contribution is 5.85. The molecule has 4 heteroatoms. The molecule has 0 N–H and O–H groups in total. The van der Waals surface area contributed by atoms with Gasteiger partial charge >= 0.3 is 0 Å². The lowest BCUT2D eigenvalue weighted by molar-refractivity contribution is 1.18. The summed E-state index contributed by atoms with van der Waals surface area (Å²) in [5.74, 6) is 0. The lowest BCUT2D eigenvalue weighted by atomic mass is 10.2. The minimum absolute atomic E-state index is 0.963. The molecule has 0 saturated carbocycles. The second-order valence-electron chi connectivity index (χ2n) is 8.24. The molecule has 3 aromatic rings. The molecular formula is C28H26N4. The SMILES string of the molecule is C=Cn1c2ccc1c(C)c1nc(c(C)c3ccc(c(C)c4nc(c2C)C=C4)n3C=C)C=C1. The van der Waals surface area contributed by atoms with Crippen molar-refractivity contribution in [2.45, 2.75) is 27.7 Å². The van der Waals surface area contributed by atoms with Crippen LogP contribution in [0.4, 0.5) is 0 Å². The predicted octanol–water partition coefficient (Wildman–Crippen LogP) is 7.04. The molecule has 158 valence electrons. The molecule has 0 aromatic carbocycles. The number of nitrogens with zero attached hydrogens (tertiary/aromatic N) is 4. The van der Waals surface area contributed by atoms with Crippen molar-refractivity contribution < 1.29 is 0 Å². The van der Waals surface area contributed by atoms with E-state index in [1.54, 1.807) is 0 Å². The Morgan fingerprint density at radius 2 is 0.781 bits per heavy atom. The van der Waals surface area contributed by atoms with Crippen LogP contribution in [-0.2, 0) is 0 Å². The van der Waals surface area contributed by atoms with Gasteiger partial charge in [-0.05, 0) is 98.5 Å². The maximum Gasteiger partial charge on any atom is 0.0687 e. The molecule has 32 heavy (non-hydrogen) atoms. The van der Waals surface area contributed by atoms with Crippen LogP contribution in [0, 0.1) is 27.7 Å². The van der Waals surface area contributed by atoms with Crippen LogP contribution < -0.4 is 0 Å². The van der Waals surface area contributed by atoms with Gasteiger partial charge in [0, 0.05) is 12.4 Å². The number of aryl methyl sites for hydroxylation is 4. The molecule has 3 aromatic heterocycles. The molecule has 0 unspecified atom stereocenters. The number of fused-ring (bicyclic) bond motifs is 8. The monoisotopic (exact) mass is 418 g/mol. The second kappa shape index (κ2) is 7.34. The predicted molar refractivity (Wildman–Crippen MR) is 138 cm³/mol. The Kier molecular flexibility index (Phi) is 4.59. The molecule has 2 aliphatic rings. The number of hydrogen-bond acceptors (Lipinski definition) is 2. The number of rotatable bonds is 2. The average molecular weight is 419 g/mol. The van der Waals surface area contributed by atoms with Crippen LogP contribution in [0.3, 0.4) is 0 Å². The van der Waals surface area contributed by atoms with E-state index in [1.807, 2.05) is 12.4 Å². The number of hydrogen-bond donors (Lipinski definition) is 0. The molecule has 2 aliphatic heterocycles. The highest BCUT2D eigenvalue weighted by Crippen LogP contribution is 2.28. The van der Waals surface area contributed by atoms with E-state index in [9.17, 15) is 0 Å². The molecule has 5 rings (SSSR count). The Labute approximate surface area is 188 Å². The molecular weight excluding hydrogens is 392 g/mol. The van der Waals surface area contributed by atoms with Gasteiger partial charge in [-0.1, -0.05) is 13.2 Å². The molecule has 0 saturated heterocycles. The van der Waals surface area contributed by atoms with Gasteiger partial charge in [0.1, 0.15) is 0 Å². The average Bonchev–Trinajstić information content (AvgIpc) is 3.60. The fourth-order valence-corrected chi connectivity index (χ4v) is 4.60. The zero-order chi connectivity index (χ0) is 22.6. The van der Waals surface area contributed by atoms with E-state index < -0.39 is 0 Å². The lowest BCUT2D eigenvalue weighted by Crippen LogP contribution is -1.94. The van der Waals surface area contributed by atoms with Crippen molar-refractivity contribution in [3.05, 3.63) is 82.5 Å². The smallest absolute Gasteiger partial charge is 0.0687 e. The van der Waals surface area contributed by atoms with Gasteiger partial charge in [0.05, 0.1) is 44.8 Å². The van der Waals surface area contributed by atoms with Gasteiger partial charge in [-0.15, -0.1) is 0 Å². The zero-order valence-electron chi connectivity index (χ0n) is 19.0. The van der Waals surface area contributed by atoms with Gasteiger partial charge in [-0.2, -0.15) is 0 Å². The van der Waals surface area contributed by atoms with Crippen molar-refractivity contribution in [3.8, 4) is 0 Å². The van der Waals surface area contributed by atoms with Gasteiger partial charge < -0.3 is 9.13 Å². The summed E-state index contributed by atoms with van der Waals surface area (Å²) in [5, 5.41) is 0. The fourth-order valence-electron chi connectivity index (χ4n) is 4.60. The van der Waals surface area contributed by atoms with Gasteiger partial charge in [-0.3, -0.25) is 0 Å². The standard InChI is InChI=1S/C28H26N4/c1-7-31-25-13-14-26(31)18(4)22-10-12-24(30-22)20(6)28-16-15-27(32(28)8-2)19(5)23-11-9-21(29-23)17(25)3/h7-16H,1-2H2,3-6H3. The summed E-state index contributed by atoms with van der Waals surface area (Å²) in [6.45, 7) is 16.6. The largest absolute Gasteiger partial charge is 0.317 e. The van der Waals surface area contributed by atoms with Crippen LogP contribution in [-0.4, -0.2) is 19.1 Å². The van der Waals surface area contributed by atoms with E-state index in [2.05, 4.69) is 98.6 Å². The number of aromatic nitrogens is 4. The minimum Gasteiger partial charge on any atom is -0.317 e. The molecule has 0 radical (unpaired) electrons. The van der Waals surface area contributed by atoms with Crippen molar-refractivity contribution in [1.82, 2.24) is 19.1 Å². The van der Waals surface area contributed by atoms with Crippen LogP contribution in [0.25, 0.3) is 58.8 Å². The lowest BCUT2D eigenvalue weighted by Gasteiger charge is -2.05. The van der Waals surface area contributed by atoms with Crippen molar-refractivity contribution in [1.29, 1.82) is 0 Å². The summed E-state index contributed by atoms with van der Waals surface area (Å²) in [6.07, 6.45) is 12.1. The molecule has 0 spiro atoms.